The molecule has 0 saturated carbocycles. The predicted molar refractivity (Wildman–Crippen MR) is 160 cm³/mol. The lowest BCUT2D eigenvalue weighted by Crippen LogP contribution is -2.54. The molecule has 206 valence electrons. The van der Waals surface area contributed by atoms with Crippen LogP contribution in [-0.4, -0.2) is 77.2 Å². The van der Waals surface area contributed by atoms with E-state index in [1.165, 1.54) is 6.08 Å². The van der Waals surface area contributed by atoms with Crippen LogP contribution in [0.2, 0.25) is 5.02 Å². The van der Waals surface area contributed by atoms with E-state index in [1.54, 1.807) is 27.7 Å². The molecule has 9 heteroatoms. The van der Waals surface area contributed by atoms with Gasteiger partial charge in [-0.2, -0.15) is 0 Å². The Morgan fingerprint density at radius 1 is 1.10 bits per heavy atom. The number of aromatic nitrogens is 2. The van der Waals surface area contributed by atoms with E-state index in [4.69, 9.17) is 16.6 Å². The Balaban J connectivity index is 1.45. The van der Waals surface area contributed by atoms with Gasteiger partial charge in [-0.25, -0.2) is 4.98 Å². The molecule has 4 aromatic rings. The summed E-state index contributed by atoms with van der Waals surface area (Å²) in [4.78, 5) is 36.7. The number of phenolic OH excluding ortho intramolecular Hbond substituents is 1. The summed E-state index contributed by atoms with van der Waals surface area (Å²) in [6.45, 7) is 7.69. The van der Waals surface area contributed by atoms with Crippen molar-refractivity contribution >= 4 is 45.1 Å². The highest BCUT2D eigenvalue weighted by atomic mass is 35.5. The monoisotopic (exact) mass is 557 g/mol. The molecule has 0 aliphatic carbocycles. The molecule has 3 aromatic carbocycles. The Hall–Kier alpha value is -3.88. The van der Waals surface area contributed by atoms with Gasteiger partial charge < -0.3 is 24.4 Å². The zero-order valence-corrected chi connectivity index (χ0v) is 23.4. The van der Waals surface area contributed by atoms with Gasteiger partial charge in [0, 0.05) is 56.7 Å². The second-order valence-electron chi connectivity index (χ2n) is 11.2. The summed E-state index contributed by atoms with van der Waals surface area (Å²) in [7, 11) is 4.11. The smallest absolute Gasteiger partial charge is 0.294 e. The number of carbonyl (C=O) groups excluding carboxylic acids is 1. The summed E-state index contributed by atoms with van der Waals surface area (Å²) >= 11 is 6.89. The highest BCUT2D eigenvalue weighted by molar-refractivity contribution is 6.34. The maximum Gasteiger partial charge on any atom is 0.294 e. The van der Waals surface area contributed by atoms with E-state index in [-0.39, 0.29) is 23.1 Å². The van der Waals surface area contributed by atoms with Crippen LogP contribution in [0, 0.1) is 11.8 Å². The average molecular weight is 558 g/mol. The first-order valence-electron chi connectivity index (χ1n) is 13.5. The summed E-state index contributed by atoms with van der Waals surface area (Å²) < 4.78 is 1.77. The van der Waals surface area contributed by atoms with E-state index in [0.29, 0.717) is 47.4 Å². The van der Waals surface area contributed by atoms with Crippen LogP contribution in [0.4, 0.5) is 5.82 Å². The largest absolute Gasteiger partial charge is 0.508 e. The van der Waals surface area contributed by atoms with Crippen LogP contribution >= 0.6 is 11.6 Å². The fourth-order valence-electron chi connectivity index (χ4n) is 5.99. The van der Waals surface area contributed by atoms with Crippen molar-refractivity contribution in [2.24, 2.45) is 11.8 Å². The molecule has 1 aromatic heterocycles. The third kappa shape index (κ3) is 4.71. The number of hydrogen-bond donors (Lipinski definition) is 1. The molecule has 1 amide bonds. The maximum absolute atomic E-state index is 13.9. The summed E-state index contributed by atoms with van der Waals surface area (Å²) in [5, 5.41) is 12.8. The highest BCUT2D eigenvalue weighted by Gasteiger charge is 2.33. The molecule has 2 aliphatic heterocycles. The number of nitrogens with zero attached hydrogens (tertiary/aromatic N) is 5. The first-order chi connectivity index (χ1) is 19.2. The minimum absolute atomic E-state index is 0.0950. The number of rotatable bonds is 7. The molecule has 1 N–H and O–H groups in total. The maximum atomic E-state index is 13.9. The average Bonchev–Trinajstić information content (AvgIpc) is 2.87. The normalized spacial score (nSPS) is 16.0. The van der Waals surface area contributed by atoms with E-state index < -0.39 is 0 Å². The van der Waals surface area contributed by atoms with Crippen molar-refractivity contribution in [1.29, 1.82) is 0 Å². The Morgan fingerprint density at radius 3 is 2.58 bits per heavy atom. The molecule has 40 heavy (non-hydrogen) atoms. The number of benzene rings is 3. The van der Waals surface area contributed by atoms with E-state index in [0.717, 1.165) is 41.5 Å². The third-order valence-electron chi connectivity index (χ3n) is 7.92. The van der Waals surface area contributed by atoms with Crippen LogP contribution in [0.1, 0.15) is 0 Å². The van der Waals surface area contributed by atoms with Crippen molar-refractivity contribution in [3.63, 3.8) is 0 Å². The number of likely N-dealkylation sites (tertiary alicyclic amines) is 1. The molecule has 2 saturated heterocycles. The van der Waals surface area contributed by atoms with Crippen LogP contribution in [0.5, 0.6) is 5.75 Å². The first-order valence-corrected chi connectivity index (χ1v) is 13.9. The van der Waals surface area contributed by atoms with Crippen LogP contribution in [-0.2, 0) is 11.3 Å². The van der Waals surface area contributed by atoms with Crippen LogP contribution < -0.4 is 10.5 Å². The van der Waals surface area contributed by atoms with Crippen molar-refractivity contribution in [3.8, 4) is 16.9 Å². The van der Waals surface area contributed by atoms with Gasteiger partial charge in [0.25, 0.3) is 5.56 Å². The number of aromatic hydroxyl groups is 1. The molecule has 0 atom stereocenters. The Morgan fingerprint density at radius 2 is 1.85 bits per heavy atom. The third-order valence-corrected chi connectivity index (χ3v) is 8.23. The van der Waals surface area contributed by atoms with Crippen molar-refractivity contribution in [2.45, 2.75) is 6.54 Å². The van der Waals surface area contributed by atoms with Gasteiger partial charge in [0.1, 0.15) is 5.75 Å². The van der Waals surface area contributed by atoms with E-state index >= 15 is 0 Å². The van der Waals surface area contributed by atoms with E-state index in [9.17, 15) is 14.7 Å². The van der Waals surface area contributed by atoms with Gasteiger partial charge in [-0.3, -0.25) is 9.59 Å². The molecule has 6 rings (SSSR count). The highest BCUT2D eigenvalue weighted by Crippen LogP contribution is 2.38. The van der Waals surface area contributed by atoms with Crippen molar-refractivity contribution in [3.05, 3.63) is 76.6 Å². The topological polar surface area (TPSA) is 81.9 Å². The molecule has 3 heterocycles. The van der Waals surface area contributed by atoms with Gasteiger partial charge in [-0.15, -0.1) is 0 Å². The van der Waals surface area contributed by atoms with E-state index in [1.807, 2.05) is 30.3 Å². The first kappa shape index (κ1) is 26.3. The van der Waals surface area contributed by atoms with Crippen LogP contribution in [0.25, 0.3) is 32.9 Å². The number of phenols is 1. The minimum atomic E-state index is -0.143. The molecule has 0 spiro atoms. The molecule has 0 radical (unpaired) electrons. The molecule has 2 aliphatic rings. The van der Waals surface area contributed by atoms with Gasteiger partial charge in [0.2, 0.25) is 5.91 Å². The van der Waals surface area contributed by atoms with Gasteiger partial charge in [-0.1, -0.05) is 42.4 Å². The lowest BCUT2D eigenvalue weighted by atomic mass is 9.96. The Kier molecular flexibility index (Phi) is 6.76. The molecule has 0 bridgehead atoms. The van der Waals surface area contributed by atoms with Crippen LogP contribution in [0.3, 0.4) is 0 Å². The Labute approximate surface area is 237 Å². The van der Waals surface area contributed by atoms with Gasteiger partial charge in [-0.05, 0) is 60.8 Å². The Bertz CT molecular complexity index is 1700. The summed E-state index contributed by atoms with van der Waals surface area (Å²) in [6.07, 6.45) is 1.32. The van der Waals surface area contributed by atoms with E-state index in [2.05, 4.69) is 30.5 Å². The SMILES string of the molecule is C=CC(=O)N1CC(Cn2c(=O)c(N3CC(CN(C)C)C3)nc3cc(-c4cc(O)cc5ccccc45)c(Cl)cc32)C1. The second kappa shape index (κ2) is 10.3. The quantitative estimate of drug-likeness (QED) is 0.343. The number of hydrogen-bond acceptors (Lipinski definition) is 6. The number of carbonyl (C=O) groups is 1. The molecular weight excluding hydrogens is 526 g/mol. The van der Waals surface area contributed by atoms with Crippen molar-refractivity contribution < 1.29 is 9.90 Å². The second-order valence-corrected chi connectivity index (χ2v) is 11.6. The lowest BCUT2D eigenvalue weighted by molar-refractivity contribution is -0.132. The molecule has 0 unspecified atom stereocenters. The fourth-order valence-corrected chi connectivity index (χ4v) is 6.25. The van der Waals surface area contributed by atoms with Gasteiger partial charge in [0.05, 0.1) is 16.1 Å². The summed E-state index contributed by atoms with van der Waals surface area (Å²) in [6, 6.07) is 15.0. The summed E-state index contributed by atoms with van der Waals surface area (Å²) in [5.74, 6) is 1.12. The zero-order chi connectivity index (χ0) is 28.1. The number of amides is 1. The number of fused-ring (bicyclic) bond motifs is 2. The number of anilines is 1. The minimum Gasteiger partial charge on any atom is -0.508 e. The van der Waals surface area contributed by atoms with Crippen molar-refractivity contribution in [1.82, 2.24) is 19.4 Å². The molecule has 2 fully saturated rings. The molecular formula is C31H32ClN5O3. The van der Waals surface area contributed by atoms with Crippen molar-refractivity contribution in [2.75, 3.05) is 51.7 Å². The standard InChI is InChI=1S/C31H32ClN5O3/c1-4-29(39)35-14-20(15-35)18-37-28-12-26(32)25(24-10-22(38)9-21-7-5-6-8-23(21)24)11-27(28)33-30(31(37)40)36-16-19(17-36)13-34(2)3/h4-12,19-20,38H,1,13-18H2,2-3H3. The molecule has 8 nitrogen and oxygen atoms in total. The number of halogens is 1. The van der Waals surface area contributed by atoms with Crippen LogP contribution in [0.15, 0.2) is 66.0 Å². The predicted octanol–water partition coefficient (Wildman–Crippen LogP) is 4.22. The lowest BCUT2D eigenvalue weighted by Gasteiger charge is -2.41. The van der Waals surface area contributed by atoms with Gasteiger partial charge >= 0.3 is 0 Å². The summed E-state index contributed by atoms with van der Waals surface area (Å²) in [5.41, 5.74) is 2.72. The van der Waals surface area contributed by atoms with Gasteiger partial charge in [0.15, 0.2) is 5.82 Å². The zero-order valence-electron chi connectivity index (χ0n) is 22.7. The fraction of sp³-hybridized carbons (Fsp3) is 0.323.